The van der Waals surface area contributed by atoms with Crippen LogP contribution in [0.1, 0.15) is 15.9 Å². The molecule has 118 valence electrons. The van der Waals surface area contributed by atoms with E-state index in [1.165, 1.54) is 6.07 Å². The number of benzene rings is 2. The van der Waals surface area contributed by atoms with Crippen LogP contribution in [0, 0.1) is 0 Å². The zero-order valence-electron chi connectivity index (χ0n) is 12.1. The Labute approximate surface area is 138 Å². The third-order valence-corrected chi connectivity index (χ3v) is 3.31. The lowest BCUT2D eigenvalue weighted by atomic mass is 10.1. The van der Waals surface area contributed by atoms with Gasteiger partial charge < -0.3 is 15.5 Å². The number of hydrogen-bond acceptors (Lipinski definition) is 4. The van der Waals surface area contributed by atoms with E-state index in [9.17, 15) is 9.59 Å². The van der Waals surface area contributed by atoms with Gasteiger partial charge in [0.25, 0.3) is 5.91 Å². The van der Waals surface area contributed by atoms with Crippen molar-refractivity contribution in [1.29, 1.82) is 0 Å². The number of rotatable bonds is 3. The second-order valence-electron chi connectivity index (χ2n) is 4.84. The summed E-state index contributed by atoms with van der Waals surface area (Å²) in [6.45, 7) is 0.376. The summed E-state index contributed by atoms with van der Waals surface area (Å²) in [7, 11) is 0. The van der Waals surface area contributed by atoms with Crippen molar-refractivity contribution in [1.82, 2.24) is 0 Å². The maximum Gasteiger partial charge on any atom is 0.349 e. The minimum absolute atomic E-state index is 0. The fraction of sp³-hybridized carbons (Fsp3) is 0.0588. The van der Waals surface area contributed by atoms with Crippen LogP contribution in [-0.4, -0.2) is 5.91 Å². The number of para-hydroxylation sites is 1. The smallest absolute Gasteiger partial charge is 0.349 e. The first-order valence-electron chi connectivity index (χ1n) is 6.80. The van der Waals surface area contributed by atoms with Gasteiger partial charge in [-0.05, 0) is 35.9 Å². The highest BCUT2D eigenvalue weighted by molar-refractivity contribution is 6.05. The Bertz CT molecular complexity index is 891. The number of halogens is 1. The molecule has 1 heterocycles. The Morgan fingerprint density at radius 3 is 2.52 bits per heavy atom. The Morgan fingerprint density at radius 2 is 1.83 bits per heavy atom. The summed E-state index contributed by atoms with van der Waals surface area (Å²) in [6, 6.07) is 15.7. The van der Waals surface area contributed by atoms with E-state index < -0.39 is 11.5 Å². The molecule has 23 heavy (non-hydrogen) atoms. The average molecular weight is 331 g/mol. The largest absolute Gasteiger partial charge is 0.422 e. The summed E-state index contributed by atoms with van der Waals surface area (Å²) in [6.07, 6.45) is 0. The molecule has 0 saturated carbocycles. The zero-order chi connectivity index (χ0) is 15.5. The van der Waals surface area contributed by atoms with Crippen LogP contribution in [-0.2, 0) is 6.54 Å². The first kappa shape index (κ1) is 16.7. The summed E-state index contributed by atoms with van der Waals surface area (Å²) < 4.78 is 5.19. The topological polar surface area (TPSA) is 85.3 Å². The van der Waals surface area contributed by atoms with E-state index in [1.54, 1.807) is 42.5 Å². The summed E-state index contributed by atoms with van der Waals surface area (Å²) >= 11 is 0. The molecule has 0 spiro atoms. The van der Waals surface area contributed by atoms with E-state index in [0.29, 0.717) is 23.2 Å². The van der Waals surface area contributed by atoms with Crippen LogP contribution in [0.3, 0.4) is 0 Å². The quantitative estimate of drug-likeness (QED) is 0.723. The van der Waals surface area contributed by atoms with Gasteiger partial charge in [0.2, 0.25) is 0 Å². The van der Waals surface area contributed by atoms with Crippen molar-refractivity contribution in [2.75, 3.05) is 5.32 Å². The second-order valence-corrected chi connectivity index (χ2v) is 4.84. The van der Waals surface area contributed by atoms with Gasteiger partial charge in [0.1, 0.15) is 11.1 Å². The Morgan fingerprint density at radius 1 is 1.09 bits per heavy atom. The predicted molar refractivity (Wildman–Crippen MR) is 92.0 cm³/mol. The van der Waals surface area contributed by atoms with Gasteiger partial charge >= 0.3 is 5.63 Å². The average Bonchev–Trinajstić information content (AvgIpc) is 2.54. The Hall–Kier alpha value is -2.63. The summed E-state index contributed by atoms with van der Waals surface area (Å²) in [5, 5.41) is 3.34. The highest BCUT2D eigenvalue weighted by atomic mass is 35.5. The van der Waals surface area contributed by atoms with Gasteiger partial charge in [-0.3, -0.25) is 4.79 Å². The van der Waals surface area contributed by atoms with Crippen LogP contribution in [0.25, 0.3) is 11.0 Å². The number of fused-ring (bicyclic) bond motifs is 1. The standard InChI is InChI=1S/C17H14N2O3.ClH/c18-10-11-6-7-15-12(8-11)9-14(17(21)22-15)16(20)19-13-4-2-1-3-5-13;/h1-9H,10,18H2,(H,19,20);1H. The van der Waals surface area contributed by atoms with Gasteiger partial charge in [-0.25, -0.2) is 4.79 Å². The fourth-order valence-corrected chi connectivity index (χ4v) is 2.18. The van der Waals surface area contributed by atoms with Crippen molar-refractivity contribution >= 4 is 35.0 Å². The number of carbonyl (C=O) groups excluding carboxylic acids is 1. The van der Waals surface area contributed by atoms with Gasteiger partial charge in [-0.1, -0.05) is 24.3 Å². The first-order valence-corrected chi connectivity index (χ1v) is 6.80. The first-order chi connectivity index (χ1) is 10.7. The van der Waals surface area contributed by atoms with Crippen molar-refractivity contribution in [2.24, 2.45) is 5.73 Å². The van der Waals surface area contributed by atoms with Crippen molar-refractivity contribution in [3.05, 3.63) is 76.1 Å². The molecule has 0 bridgehead atoms. The maximum absolute atomic E-state index is 12.2. The minimum Gasteiger partial charge on any atom is -0.422 e. The SMILES string of the molecule is Cl.NCc1ccc2oc(=O)c(C(=O)Nc3ccccc3)cc2c1. The molecule has 0 atom stereocenters. The van der Waals surface area contributed by atoms with Crippen LogP contribution in [0.2, 0.25) is 0 Å². The Kier molecular flexibility index (Phi) is 5.16. The molecular weight excluding hydrogens is 316 g/mol. The van der Waals surface area contributed by atoms with E-state index in [0.717, 1.165) is 5.56 Å². The molecule has 3 N–H and O–H groups in total. The molecule has 6 heteroatoms. The van der Waals surface area contributed by atoms with Crippen LogP contribution in [0.15, 0.2) is 63.8 Å². The van der Waals surface area contributed by atoms with E-state index in [2.05, 4.69) is 5.32 Å². The lowest BCUT2D eigenvalue weighted by Crippen LogP contribution is -2.20. The summed E-state index contributed by atoms with van der Waals surface area (Å²) in [4.78, 5) is 24.2. The van der Waals surface area contributed by atoms with Gasteiger partial charge in [-0.2, -0.15) is 0 Å². The van der Waals surface area contributed by atoms with E-state index in [1.807, 2.05) is 6.07 Å². The monoisotopic (exact) mass is 330 g/mol. The van der Waals surface area contributed by atoms with Crippen molar-refractivity contribution in [2.45, 2.75) is 6.54 Å². The van der Waals surface area contributed by atoms with Crippen molar-refractivity contribution in [3.63, 3.8) is 0 Å². The molecule has 0 radical (unpaired) electrons. The fourth-order valence-electron chi connectivity index (χ4n) is 2.18. The highest BCUT2D eigenvalue weighted by Gasteiger charge is 2.14. The van der Waals surface area contributed by atoms with Crippen molar-refractivity contribution < 1.29 is 9.21 Å². The lowest BCUT2D eigenvalue weighted by Gasteiger charge is -2.05. The van der Waals surface area contributed by atoms with Gasteiger partial charge in [0.05, 0.1) is 0 Å². The number of amides is 1. The molecule has 0 aliphatic heterocycles. The van der Waals surface area contributed by atoms with E-state index in [-0.39, 0.29) is 18.0 Å². The molecule has 5 nitrogen and oxygen atoms in total. The molecule has 1 aromatic heterocycles. The number of anilines is 1. The second kappa shape index (κ2) is 7.09. The lowest BCUT2D eigenvalue weighted by molar-refractivity contribution is 0.102. The number of nitrogens with one attached hydrogen (secondary N) is 1. The summed E-state index contributed by atoms with van der Waals surface area (Å²) in [5.74, 6) is -0.500. The van der Waals surface area contributed by atoms with Crippen LogP contribution in [0.5, 0.6) is 0 Å². The van der Waals surface area contributed by atoms with Gasteiger partial charge in [0, 0.05) is 17.6 Å². The predicted octanol–water partition coefficient (Wildman–Crippen LogP) is 2.93. The number of carbonyl (C=O) groups is 1. The van der Waals surface area contributed by atoms with E-state index in [4.69, 9.17) is 10.2 Å². The molecule has 3 aromatic rings. The van der Waals surface area contributed by atoms with Crippen LogP contribution in [0.4, 0.5) is 5.69 Å². The molecule has 1 amide bonds. The molecule has 0 aliphatic rings. The maximum atomic E-state index is 12.2. The molecule has 3 rings (SSSR count). The third-order valence-electron chi connectivity index (χ3n) is 3.31. The third kappa shape index (κ3) is 3.59. The summed E-state index contributed by atoms with van der Waals surface area (Å²) in [5.41, 5.74) is 6.84. The molecule has 2 aromatic carbocycles. The zero-order valence-corrected chi connectivity index (χ0v) is 12.9. The van der Waals surface area contributed by atoms with Gasteiger partial charge in [-0.15, -0.1) is 12.4 Å². The highest BCUT2D eigenvalue weighted by Crippen LogP contribution is 2.16. The molecule has 0 saturated heterocycles. The molecular formula is C17H15ClN2O3. The molecule has 0 unspecified atom stereocenters. The minimum atomic E-state index is -0.665. The van der Waals surface area contributed by atoms with Gasteiger partial charge in [0.15, 0.2) is 0 Å². The number of nitrogens with two attached hydrogens (primary N) is 1. The Balaban J connectivity index is 0.00000192. The van der Waals surface area contributed by atoms with E-state index >= 15 is 0 Å². The van der Waals surface area contributed by atoms with Crippen molar-refractivity contribution in [3.8, 4) is 0 Å². The molecule has 0 aliphatic carbocycles. The van der Waals surface area contributed by atoms with Crippen LogP contribution < -0.4 is 16.7 Å². The van der Waals surface area contributed by atoms with Crippen LogP contribution >= 0.6 is 12.4 Å². The normalized spacial score (nSPS) is 10.1. The molecule has 0 fully saturated rings. The number of hydrogen-bond donors (Lipinski definition) is 2.